The fourth-order valence-electron chi connectivity index (χ4n) is 3.32. The van der Waals surface area contributed by atoms with Crippen molar-refractivity contribution in [2.75, 3.05) is 51.2 Å². The van der Waals surface area contributed by atoms with Crippen molar-refractivity contribution in [2.24, 2.45) is 0 Å². The van der Waals surface area contributed by atoms with E-state index in [1.54, 1.807) is 9.80 Å². The van der Waals surface area contributed by atoms with Gasteiger partial charge in [-0.15, -0.1) is 0 Å². The second-order valence-corrected chi connectivity index (χ2v) is 7.51. The summed E-state index contributed by atoms with van der Waals surface area (Å²) in [6.45, 7) is 2.48. The largest absolute Gasteiger partial charge is 0.495 e. The molecule has 0 bridgehead atoms. The molecule has 1 unspecified atom stereocenters. The predicted molar refractivity (Wildman–Crippen MR) is 105 cm³/mol. The second-order valence-electron chi connectivity index (χ2n) is 6.78. The molecule has 10 nitrogen and oxygen atoms in total. The Balaban J connectivity index is 1.53. The molecule has 2 fully saturated rings. The smallest absolute Gasteiger partial charge is 0.409 e. The number of thiol groups is 1. The lowest BCUT2D eigenvalue weighted by Gasteiger charge is -2.34. The van der Waals surface area contributed by atoms with Gasteiger partial charge in [0.2, 0.25) is 10.9 Å². The Bertz CT molecular complexity index is 808. The molecule has 160 valence electrons. The quantitative estimate of drug-likeness (QED) is 0.643. The number of amides is 2. The van der Waals surface area contributed by atoms with Crippen molar-refractivity contribution in [1.29, 1.82) is 0 Å². The molecule has 1 aromatic carbocycles. The predicted octanol–water partition coefficient (Wildman–Crippen LogP) is 0.707. The van der Waals surface area contributed by atoms with Gasteiger partial charge in [-0.2, -0.15) is 0 Å². The summed E-state index contributed by atoms with van der Waals surface area (Å²) < 4.78 is 39.9. The molecule has 1 aromatic rings. The van der Waals surface area contributed by atoms with Crippen LogP contribution in [0.5, 0.6) is 5.75 Å². The fraction of sp³-hybridized carbons (Fsp3) is 0.556. The molecule has 11 heteroatoms. The Hall–Kier alpha value is -2.53. The molecule has 2 heterocycles. The zero-order chi connectivity index (χ0) is 20.8. The number of hydrogen-bond donors (Lipinski definition) is 2. The van der Waals surface area contributed by atoms with Crippen molar-refractivity contribution < 1.29 is 32.2 Å². The van der Waals surface area contributed by atoms with Gasteiger partial charge in [0.15, 0.2) is 0 Å². The van der Waals surface area contributed by atoms with Crippen LogP contribution < -0.4 is 9.46 Å². The van der Waals surface area contributed by atoms with E-state index in [1.165, 1.54) is 25.3 Å². The number of piperazine rings is 1. The topological polar surface area (TPSA) is 114 Å². The maximum absolute atomic E-state index is 12.8. The molecular formula is C18H25N3O7S. The summed E-state index contributed by atoms with van der Waals surface area (Å²) in [5, 5.41) is 0. The summed E-state index contributed by atoms with van der Waals surface area (Å²) in [6.07, 6.45) is 1.48. The Kier molecular flexibility index (Phi) is 7.15. The lowest BCUT2D eigenvalue weighted by atomic mass is 10.1. The number of ether oxygens (including phenoxy) is 3. The van der Waals surface area contributed by atoms with E-state index < -0.39 is 17.0 Å². The van der Waals surface area contributed by atoms with E-state index in [0.717, 1.165) is 12.8 Å². The van der Waals surface area contributed by atoms with Gasteiger partial charge in [-0.25, -0.2) is 13.2 Å². The van der Waals surface area contributed by atoms with Gasteiger partial charge < -0.3 is 24.0 Å². The van der Waals surface area contributed by atoms with Gasteiger partial charge >= 0.3 is 6.09 Å². The zero-order valence-electron chi connectivity index (χ0n) is 16.2. The number of benzene rings is 1. The lowest BCUT2D eigenvalue weighted by Crippen LogP contribution is -2.51. The monoisotopic (exact) mass is 427 g/mol. The lowest BCUT2D eigenvalue weighted by molar-refractivity contribution is 0.0225. The van der Waals surface area contributed by atoms with Gasteiger partial charge in [-0.3, -0.25) is 9.52 Å². The van der Waals surface area contributed by atoms with Crippen LogP contribution in [0.2, 0.25) is 0 Å². The Labute approximate surface area is 170 Å². The van der Waals surface area contributed by atoms with Crippen molar-refractivity contribution in [3.05, 3.63) is 23.8 Å². The number of nitrogens with zero attached hydrogens (tertiary/aromatic N) is 2. The molecule has 2 amide bonds. The molecule has 3 rings (SSSR count). The first-order valence-corrected chi connectivity index (χ1v) is 10.6. The SMILES string of the molecule is COc1cc(C(=O)N2CCN(C(=O)OCC3CCCO3)CC2)ccc1N[SH](=O)=O. The molecule has 29 heavy (non-hydrogen) atoms. The molecule has 2 saturated heterocycles. The standard InChI is InChI=1S/C18H25N3O7S/c1-26-16-11-13(4-5-15(16)19-29(24)25)17(22)20-6-8-21(9-7-20)18(23)28-12-14-3-2-10-27-14/h4-5,11,14,29H,2-3,6-10,12H2,1H3,(H,19,24,25). The fourth-order valence-corrected chi connectivity index (χ4v) is 3.70. The van der Waals surface area contributed by atoms with Crippen LogP contribution in [0.3, 0.4) is 0 Å². The number of methoxy groups -OCH3 is 1. The Morgan fingerprint density at radius 2 is 1.93 bits per heavy atom. The summed E-state index contributed by atoms with van der Waals surface area (Å²) in [6, 6.07) is 4.51. The van der Waals surface area contributed by atoms with Crippen LogP contribution in [0.1, 0.15) is 23.2 Å². The minimum atomic E-state index is -2.84. The normalized spacial score (nSPS) is 19.3. The number of carbonyl (C=O) groups is 2. The molecule has 0 aromatic heterocycles. The van der Waals surface area contributed by atoms with E-state index in [2.05, 4.69) is 4.72 Å². The average Bonchev–Trinajstić information content (AvgIpc) is 3.25. The third kappa shape index (κ3) is 5.51. The van der Waals surface area contributed by atoms with Gasteiger partial charge in [0.25, 0.3) is 5.91 Å². The van der Waals surface area contributed by atoms with Crippen LogP contribution in [0.15, 0.2) is 18.2 Å². The minimum absolute atomic E-state index is 0.0194. The van der Waals surface area contributed by atoms with E-state index in [0.29, 0.717) is 38.3 Å². The summed E-state index contributed by atoms with van der Waals surface area (Å²) in [5.74, 6) is 0.0418. The number of carbonyl (C=O) groups excluding carboxylic acids is 2. The van der Waals surface area contributed by atoms with Gasteiger partial charge in [-0.1, -0.05) is 0 Å². The maximum Gasteiger partial charge on any atom is 0.409 e. The Morgan fingerprint density at radius 1 is 1.21 bits per heavy atom. The molecule has 0 saturated carbocycles. The van der Waals surface area contributed by atoms with Crippen LogP contribution in [0.25, 0.3) is 0 Å². The van der Waals surface area contributed by atoms with Crippen LogP contribution in [0, 0.1) is 0 Å². The minimum Gasteiger partial charge on any atom is -0.495 e. The van der Waals surface area contributed by atoms with Crippen molar-refractivity contribution in [1.82, 2.24) is 9.80 Å². The van der Waals surface area contributed by atoms with E-state index in [1.807, 2.05) is 0 Å². The maximum atomic E-state index is 12.8. The average molecular weight is 427 g/mol. The van der Waals surface area contributed by atoms with Crippen molar-refractivity contribution in [3.63, 3.8) is 0 Å². The zero-order valence-corrected chi connectivity index (χ0v) is 17.1. The molecule has 0 aliphatic carbocycles. The Morgan fingerprint density at radius 3 is 2.55 bits per heavy atom. The highest BCUT2D eigenvalue weighted by molar-refractivity contribution is 7.73. The third-order valence-electron chi connectivity index (χ3n) is 4.90. The summed E-state index contributed by atoms with van der Waals surface area (Å²) >= 11 is 0. The van der Waals surface area contributed by atoms with Crippen molar-refractivity contribution in [2.45, 2.75) is 18.9 Å². The van der Waals surface area contributed by atoms with E-state index in [-0.39, 0.29) is 30.1 Å². The number of rotatable bonds is 6. The van der Waals surface area contributed by atoms with Gasteiger partial charge in [0.1, 0.15) is 12.4 Å². The van der Waals surface area contributed by atoms with Gasteiger partial charge in [-0.05, 0) is 31.0 Å². The van der Waals surface area contributed by atoms with E-state index >= 15 is 0 Å². The summed E-state index contributed by atoms with van der Waals surface area (Å²) in [5.41, 5.74) is 0.641. The first-order valence-electron chi connectivity index (χ1n) is 9.39. The molecule has 1 N–H and O–H groups in total. The summed E-state index contributed by atoms with van der Waals surface area (Å²) in [4.78, 5) is 28.2. The molecule has 1 atom stereocenters. The van der Waals surface area contributed by atoms with Crippen LogP contribution in [-0.4, -0.2) is 82.8 Å². The van der Waals surface area contributed by atoms with Crippen LogP contribution in [0.4, 0.5) is 10.5 Å². The highest BCUT2D eigenvalue weighted by Crippen LogP contribution is 2.26. The second kappa shape index (κ2) is 9.79. The van der Waals surface area contributed by atoms with E-state index in [9.17, 15) is 18.0 Å². The highest BCUT2D eigenvalue weighted by atomic mass is 32.2. The van der Waals surface area contributed by atoms with Gasteiger partial charge in [0, 0.05) is 38.3 Å². The molecule has 0 radical (unpaired) electrons. The van der Waals surface area contributed by atoms with E-state index in [4.69, 9.17) is 14.2 Å². The van der Waals surface area contributed by atoms with Crippen LogP contribution >= 0.6 is 0 Å². The van der Waals surface area contributed by atoms with Crippen LogP contribution in [-0.2, 0) is 20.4 Å². The highest BCUT2D eigenvalue weighted by Gasteiger charge is 2.27. The first-order chi connectivity index (χ1) is 14.0. The molecule has 0 spiro atoms. The number of nitrogens with one attached hydrogen (secondary N) is 1. The first kappa shape index (κ1) is 21.2. The number of anilines is 1. The number of hydrogen-bond acceptors (Lipinski definition) is 7. The molecule has 2 aliphatic heterocycles. The van der Waals surface area contributed by atoms with Crippen molar-refractivity contribution >= 4 is 28.6 Å². The molecule has 2 aliphatic rings. The summed E-state index contributed by atoms with van der Waals surface area (Å²) in [7, 11) is -1.44. The van der Waals surface area contributed by atoms with Crippen molar-refractivity contribution in [3.8, 4) is 5.75 Å². The third-order valence-corrected chi connectivity index (χ3v) is 5.33. The van der Waals surface area contributed by atoms with Gasteiger partial charge in [0.05, 0.1) is 18.9 Å². The molecular weight excluding hydrogens is 402 g/mol.